The number of hydrogen-bond donors (Lipinski definition) is 3. The molecule has 5 heteroatoms. The smallest absolute Gasteiger partial charge is 0.274 e. The number of carbonyl (C=O) groups excluding carboxylic acids is 2. The van der Waals surface area contributed by atoms with Gasteiger partial charge in [0.25, 0.3) is 5.91 Å². The largest absolute Gasteiger partial charge is 0.326 e. The molecular weight excluding hydrogens is 292 g/mol. The minimum atomic E-state index is -0.579. The van der Waals surface area contributed by atoms with Crippen molar-refractivity contribution in [2.75, 3.05) is 5.32 Å². The second kappa shape index (κ2) is 10.1. The van der Waals surface area contributed by atoms with Crippen molar-refractivity contribution in [2.45, 2.75) is 20.3 Å². The van der Waals surface area contributed by atoms with Gasteiger partial charge in [0.05, 0.1) is 0 Å². The molecule has 2 aromatic carbocycles. The van der Waals surface area contributed by atoms with Gasteiger partial charge in [0.2, 0.25) is 5.91 Å². The topological polar surface area (TPSA) is 78.4 Å². The van der Waals surface area contributed by atoms with E-state index >= 15 is 0 Å². The highest BCUT2D eigenvalue weighted by Crippen LogP contribution is 2.11. The average molecular weight is 314 g/mol. The Morgan fingerprint density at radius 2 is 1.43 bits per heavy atom. The molecule has 122 valence electrons. The molecule has 2 rings (SSSR count). The maximum Gasteiger partial charge on any atom is 0.274 e. The fraction of sp³-hybridized carbons (Fsp3) is 0.222. The van der Waals surface area contributed by atoms with Crippen molar-refractivity contribution < 1.29 is 14.8 Å². The Kier molecular flexibility index (Phi) is 8.10. The van der Waals surface area contributed by atoms with Gasteiger partial charge < -0.3 is 5.32 Å². The van der Waals surface area contributed by atoms with E-state index in [1.54, 1.807) is 17.6 Å². The second-order valence-electron chi connectivity index (χ2n) is 5.32. The van der Waals surface area contributed by atoms with Gasteiger partial charge in [-0.05, 0) is 30.2 Å². The molecule has 0 aromatic heterocycles. The highest BCUT2D eigenvalue weighted by Gasteiger charge is 2.06. The molecule has 0 radical (unpaired) electrons. The van der Waals surface area contributed by atoms with E-state index in [0.29, 0.717) is 23.6 Å². The summed E-state index contributed by atoms with van der Waals surface area (Å²) in [6.07, 6.45) is 0.457. The maximum absolute atomic E-state index is 11.5. The van der Waals surface area contributed by atoms with Crippen LogP contribution >= 0.6 is 0 Å². The maximum atomic E-state index is 11.5. The van der Waals surface area contributed by atoms with Crippen LogP contribution < -0.4 is 10.8 Å². The third kappa shape index (κ3) is 7.78. The molecule has 23 heavy (non-hydrogen) atoms. The van der Waals surface area contributed by atoms with Gasteiger partial charge in [-0.2, -0.15) is 0 Å². The van der Waals surface area contributed by atoms with Crippen LogP contribution in [0.25, 0.3) is 0 Å². The molecule has 0 heterocycles. The molecule has 0 unspecified atom stereocenters. The van der Waals surface area contributed by atoms with Crippen molar-refractivity contribution in [2.24, 2.45) is 5.92 Å². The third-order valence-corrected chi connectivity index (χ3v) is 2.79. The van der Waals surface area contributed by atoms with Gasteiger partial charge in [0, 0.05) is 17.7 Å². The standard InChI is InChI=1S/C12H16N2O3.C6H6/c1-8(2)7-11(15)13-10-5-3-9(4-6-10)12(16)14-17;1-2-4-6-5-3-1/h3-6,8,17H,7H2,1-2H3,(H,13,15)(H,14,16);1-6H. The Labute approximate surface area is 136 Å². The molecule has 2 amide bonds. The summed E-state index contributed by atoms with van der Waals surface area (Å²) in [5, 5.41) is 11.2. The summed E-state index contributed by atoms with van der Waals surface area (Å²) in [4.78, 5) is 22.5. The summed E-state index contributed by atoms with van der Waals surface area (Å²) in [6.45, 7) is 3.93. The monoisotopic (exact) mass is 314 g/mol. The molecule has 0 aliphatic carbocycles. The van der Waals surface area contributed by atoms with Crippen molar-refractivity contribution in [3.05, 3.63) is 66.2 Å². The van der Waals surface area contributed by atoms with Gasteiger partial charge in [-0.3, -0.25) is 14.8 Å². The third-order valence-electron chi connectivity index (χ3n) is 2.79. The van der Waals surface area contributed by atoms with Gasteiger partial charge in [-0.1, -0.05) is 50.2 Å². The van der Waals surface area contributed by atoms with E-state index in [2.05, 4.69) is 5.32 Å². The lowest BCUT2D eigenvalue weighted by atomic mass is 10.1. The molecule has 0 aliphatic rings. The van der Waals surface area contributed by atoms with Gasteiger partial charge in [0.1, 0.15) is 0 Å². The van der Waals surface area contributed by atoms with E-state index in [1.165, 1.54) is 12.1 Å². The quantitative estimate of drug-likeness (QED) is 0.597. The zero-order chi connectivity index (χ0) is 17.1. The van der Waals surface area contributed by atoms with Gasteiger partial charge in [0.15, 0.2) is 0 Å². The van der Waals surface area contributed by atoms with Crippen LogP contribution in [0.4, 0.5) is 5.69 Å². The van der Waals surface area contributed by atoms with E-state index in [0.717, 1.165) is 0 Å². The van der Waals surface area contributed by atoms with E-state index in [-0.39, 0.29) is 5.91 Å². The highest BCUT2D eigenvalue weighted by atomic mass is 16.5. The summed E-state index contributed by atoms with van der Waals surface area (Å²) in [5.74, 6) is -0.334. The van der Waals surface area contributed by atoms with Gasteiger partial charge in [-0.25, -0.2) is 5.48 Å². The van der Waals surface area contributed by atoms with Gasteiger partial charge >= 0.3 is 0 Å². The van der Waals surface area contributed by atoms with Crippen molar-refractivity contribution in [1.82, 2.24) is 5.48 Å². The SMILES string of the molecule is CC(C)CC(=O)Nc1ccc(C(=O)NO)cc1.c1ccccc1. The van der Waals surface area contributed by atoms with Crippen LogP contribution in [0.1, 0.15) is 30.6 Å². The summed E-state index contributed by atoms with van der Waals surface area (Å²) < 4.78 is 0. The van der Waals surface area contributed by atoms with Crippen LogP contribution in [-0.2, 0) is 4.79 Å². The summed E-state index contributed by atoms with van der Waals surface area (Å²) in [5.41, 5.74) is 2.50. The Balaban J connectivity index is 0.000000366. The van der Waals surface area contributed by atoms with Crippen LogP contribution in [0, 0.1) is 5.92 Å². The zero-order valence-electron chi connectivity index (χ0n) is 13.3. The average Bonchev–Trinajstić information content (AvgIpc) is 2.56. The Morgan fingerprint density at radius 1 is 0.957 bits per heavy atom. The molecule has 5 nitrogen and oxygen atoms in total. The lowest BCUT2D eigenvalue weighted by Gasteiger charge is -2.07. The molecule has 0 atom stereocenters. The number of benzene rings is 2. The van der Waals surface area contributed by atoms with Crippen LogP contribution in [0.3, 0.4) is 0 Å². The Bertz CT molecular complexity index is 569. The zero-order valence-corrected chi connectivity index (χ0v) is 13.3. The van der Waals surface area contributed by atoms with E-state index in [1.807, 2.05) is 50.2 Å². The van der Waals surface area contributed by atoms with Crippen molar-refractivity contribution >= 4 is 17.5 Å². The number of hydroxylamine groups is 1. The molecule has 0 saturated carbocycles. The Morgan fingerprint density at radius 3 is 1.83 bits per heavy atom. The van der Waals surface area contributed by atoms with Crippen molar-refractivity contribution in [1.29, 1.82) is 0 Å². The predicted molar refractivity (Wildman–Crippen MR) is 90.2 cm³/mol. The highest BCUT2D eigenvalue weighted by molar-refractivity contribution is 5.95. The summed E-state index contributed by atoms with van der Waals surface area (Å²) >= 11 is 0. The molecule has 0 fully saturated rings. The van der Waals surface area contributed by atoms with Crippen LogP contribution in [0.15, 0.2) is 60.7 Å². The summed E-state index contributed by atoms with van der Waals surface area (Å²) in [6, 6.07) is 18.3. The molecule has 0 spiro atoms. The first kappa shape index (κ1) is 18.4. The number of nitrogens with one attached hydrogen (secondary N) is 2. The van der Waals surface area contributed by atoms with Crippen molar-refractivity contribution in [3.63, 3.8) is 0 Å². The van der Waals surface area contributed by atoms with E-state index < -0.39 is 5.91 Å². The first-order chi connectivity index (χ1) is 11.0. The molecule has 0 aliphatic heterocycles. The molecular formula is C18H22N2O3. The van der Waals surface area contributed by atoms with E-state index in [4.69, 9.17) is 5.21 Å². The number of carbonyl (C=O) groups is 2. The molecule has 0 bridgehead atoms. The summed E-state index contributed by atoms with van der Waals surface area (Å²) in [7, 11) is 0. The fourth-order valence-electron chi connectivity index (χ4n) is 1.74. The van der Waals surface area contributed by atoms with Crippen LogP contribution in [0.2, 0.25) is 0 Å². The number of hydrogen-bond acceptors (Lipinski definition) is 3. The normalized spacial score (nSPS) is 9.57. The second-order valence-corrected chi connectivity index (χ2v) is 5.32. The molecule has 2 aromatic rings. The van der Waals surface area contributed by atoms with E-state index in [9.17, 15) is 9.59 Å². The first-order valence-corrected chi connectivity index (χ1v) is 7.37. The minimum absolute atomic E-state index is 0.0561. The van der Waals surface area contributed by atoms with Crippen LogP contribution in [0.5, 0.6) is 0 Å². The fourth-order valence-corrected chi connectivity index (χ4v) is 1.74. The lowest BCUT2D eigenvalue weighted by Crippen LogP contribution is -2.18. The minimum Gasteiger partial charge on any atom is -0.326 e. The predicted octanol–water partition coefficient (Wildman–Crippen LogP) is 3.48. The van der Waals surface area contributed by atoms with Crippen LogP contribution in [-0.4, -0.2) is 17.0 Å². The first-order valence-electron chi connectivity index (χ1n) is 7.37. The lowest BCUT2D eigenvalue weighted by molar-refractivity contribution is -0.116. The Hall–Kier alpha value is -2.66. The van der Waals surface area contributed by atoms with Gasteiger partial charge in [-0.15, -0.1) is 0 Å². The number of anilines is 1. The molecule has 3 N–H and O–H groups in total. The number of amides is 2. The number of rotatable bonds is 4. The molecule has 0 saturated heterocycles. The van der Waals surface area contributed by atoms with Crippen molar-refractivity contribution in [3.8, 4) is 0 Å².